The highest BCUT2D eigenvalue weighted by molar-refractivity contribution is 5.87. The smallest absolute Gasteiger partial charge is 0.318 e. The van der Waals surface area contributed by atoms with Crippen LogP contribution in [0.1, 0.15) is 26.2 Å². The van der Waals surface area contributed by atoms with Crippen molar-refractivity contribution in [1.82, 2.24) is 20.9 Å². The first kappa shape index (κ1) is 13.1. The summed E-state index contributed by atoms with van der Waals surface area (Å²) in [5.74, 6) is -0.0755. The summed E-state index contributed by atoms with van der Waals surface area (Å²) < 4.78 is 0. The van der Waals surface area contributed by atoms with Gasteiger partial charge in [0.25, 0.3) is 0 Å². The van der Waals surface area contributed by atoms with Crippen LogP contribution in [-0.4, -0.2) is 55.1 Å². The number of hydrogen-bond donors (Lipinski definition) is 3. The summed E-state index contributed by atoms with van der Waals surface area (Å²) >= 11 is 0. The van der Waals surface area contributed by atoms with E-state index in [9.17, 15) is 9.59 Å². The molecule has 1 heterocycles. The molecule has 1 aliphatic carbocycles. The van der Waals surface area contributed by atoms with Crippen molar-refractivity contribution in [3.05, 3.63) is 0 Å². The number of nitrogens with zero attached hydrogens (tertiary/aromatic N) is 1. The quantitative estimate of drug-likeness (QED) is 0.645. The maximum atomic E-state index is 12.1. The second kappa shape index (κ2) is 6.04. The maximum absolute atomic E-state index is 12.1. The van der Waals surface area contributed by atoms with Gasteiger partial charge in [-0.05, 0) is 26.2 Å². The van der Waals surface area contributed by atoms with Crippen LogP contribution in [0.15, 0.2) is 0 Å². The van der Waals surface area contributed by atoms with Crippen molar-refractivity contribution >= 4 is 11.9 Å². The predicted octanol–water partition coefficient (Wildman–Crippen LogP) is -0.342. The van der Waals surface area contributed by atoms with E-state index in [2.05, 4.69) is 16.0 Å². The molecule has 0 aromatic heterocycles. The van der Waals surface area contributed by atoms with Gasteiger partial charge in [0.2, 0.25) is 5.91 Å². The summed E-state index contributed by atoms with van der Waals surface area (Å²) in [6.45, 7) is 4.33. The largest absolute Gasteiger partial charge is 0.355 e. The number of piperazine rings is 1. The zero-order chi connectivity index (χ0) is 13.0. The Kier molecular flexibility index (Phi) is 4.41. The highest BCUT2D eigenvalue weighted by Gasteiger charge is 2.33. The molecule has 18 heavy (non-hydrogen) atoms. The predicted molar refractivity (Wildman–Crippen MR) is 68.2 cm³/mol. The molecule has 0 bridgehead atoms. The fourth-order valence-electron chi connectivity index (χ4n) is 2.28. The van der Waals surface area contributed by atoms with E-state index in [0.29, 0.717) is 25.7 Å². The Morgan fingerprint density at radius 2 is 2.17 bits per heavy atom. The normalized spacial score (nSPS) is 24.3. The van der Waals surface area contributed by atoms with E-state index in [-0.39, 0.29) is 11.9 Å². The lowest BCUT2D eigenvalue weighted by Crippen LogP contribution is -2.62. The first-order valence-corrected chi connectivity index (χ1v) is 6.78. The van der Waals surface area contributed by atoms with Crippen molar-refractivity contribution in [1.29, 1.82) is 0 Å². The third kappa shape index (κ3) is 2.93. The topological polar surface area (TPSA) is 73.5 Å². The molecule has 1 saturated heterocycles. The lowest BCUT2D eigenvalue weighted by molar-refractivity contribution is -0.125. The van der Waals surface area contributed by atoms with Gasteiger partial charge in [0.15, 0.2) is 0 Å². The average Bonchev–Trinajstić information content (AvgIpc) is 2.34. The van der Waals surface area contributed by atoms with Crippen LogP contribution in [-0.2, 0) is 4.79 Å². The van der Waals surface area contributed by atoms with Gasteiger partial charge in [0.1, 0.15) is 6.04 Å². The van der Waals surface area contributed by atoms with Crippen LogP contribution in [0, 0.1) is 0 Å². The molecule has 0 aromatic carbocycles. The summed E-state index contributed by atoms with van der Waals surface area (Å²) in [7, 11) is 0. The van der Waals surface area contributed by atoms with Gasteiger partial charge < -0.3 is 20.9 Å². The molecule has 1 atom stereocenters. The molecule has 102 valence electrons. The van der Waals surface area contributed by atoms with Gasteiger partial charge in [-0.3, -0.25) is 4.79 Å². The Bertz CT molecular complexity index is 317. The number of rotatable bonds is 3. The second-order valence-corrected chi connectivity index (χ2v) is 4.89. The van der Waals surface area contributed by atoms with Gasteiger partial charge >= 0.3 is 6.03 Å². The molecule has 3 amide bonds. The van der Waals surface area contributed by atoms with E-state index in [1.807, 2.05) is 6.92 Å². The van der Waals surface area contributed by atoms with Gasteiger partial charge in [-0.25, -0.2) is 4.79 Å². The van der Waals surface area contributed by atoms with Crippen LogP contribution in [0.25, 0.3) is 0 Å². The lowest BCUT2D eigenvalue weighted by atomic mass is 9.93. The summed E-state index contributed by atoms with van der Waals surface area (Å²) in [6.07, 6.45) is 3.31. The molecule has 1 unspecified atom stereocenters. The van der Waals surface area contributed by atoms with Crippen LogP contribution in [0.2, 0.25) is 0 Å². The van der Waals surface area contributed by atoms with Gasteiger partial charge in [-0.2, -0.15) is 0 Å². The SMILES string of the molecule is CCNC(=O)C1CNCCN1C(=O)NC1CCC1. The molecule has 0 radical (unpaired) electrons. The van der Waals surface area contributed by atoms with E-state index >= 15 is 0 Å². The van der Waals surface area contributed by atoms with Gasteiger partial charge in [0, 0.05) is 32.2 Å². The molecule has 2 rings (SSSR count). The molecule has 1 saturated carbocycles. The standard InChI is InChI=1S/C12H22N4O2/c1-2-14-11(17)10-8-13-6-7-16(10)12(18)15-9-4-3-5-9/h9-10,13H,2-8H2,1H3,(H,14,17)(H,15,18). The van der Waals surface area contributed by atoms with E-state index in [1.54, 1.807) is 4.90 Å². The second-order valence-electron chi connectivity index (χ2n) is 4.89. The van der Waals surface area contributed by atoms with E-state index in [4.69, 9.17) is 0 Å². The van der Waals surface area contributed by atoms with Crippen LogP contribution in [0.4, 0.5) is 4.79 Å². The molecule has 2 aliphatic rings. The number of hydrogen-bond acceptors (Lipinski definition) is 3. The molecule has 0 spiro atoms. The minimum Gasteiger partial charge on any atom is -0.355 e. The monoisotopic (exact) mass is 254 g/mol. The number of nitrogens with one attached hydrogen (secondary N) is 3. The first-order valence-electron chi connectivity index (χ1n) is 6.78. The Hall–Kier alpha value is -1.30. The van der Waals surface area contributed by atoms with Crippen molar-refractivity contribution in [2.45, 2.75) is 38.3 Å². The van der Waals surface area contributed by atoms with Gasteiger partial charge in [-0.15, -0.1) is 0 Å². The maximum Gasteiger partial charge on any atom is 0.318 e. The van der Waals surface area contributed by atoms with E-state index in [1.165, 1.54) is 6.42 Å². The fraction of sp³-hybridized carbons (Fsp3) is 0.833. The van der Waals surface area contributed by atoms with Crippen molar-refractivity contribution in [2.24, 2.45) is 0 Å². The zero-order valence-electron chi connectivity index (χ0n) is 10.9. The van der Waals surface area contributed by atoms with E-state index < -0.39 is 6.04 Å². The third-order valence-electron chi connectivity index (χ3n) is 3.59. The number of carbonyl (C=O) groups is 2. The fourth-order valence-corrected chi connectivity index (χ4v) is 2.28. The van der Waals surface area contributed by atoms with Crippen molar-refractivity contribution < 1.29 is 9.59 Å². The Morgan fingerprint density at radius 1 is 1.39 bits per heavy atom. The van der Waals surface area contributed by atoms with Gasteiger partial charge in [0.05, 0.1) is 0 Å². The summed E-state index contributed by atoms with van der Waals surface area (Å²) in [4.78, 5) is 25.7. The molecule has 3 N–H and O–H groups in total. The average molecular weight is 254 g/mol. The minimum absolute atomic E-state index is 0.0755. The minimum atomic E-state index is -0.390. The molecular weight excluding hydrogens is 232 g/mol. The first-order chi connectivity index (χ1) is 8.72. The number of likely N-dealkylation sites (N-methyl/N-ethyl adjacent to an activating group) is 1. The third-order valence-corrected chi connectivity index (χ3v) is 3.59. The van der Waals surface area contributed by atoms with E-state index in [0.717, 1.165) is 19.4 Å². The summed E-state index contributed by atoms with van der Waals surface area (Å²) in [5, 5.41) is 8.93. The van der Waals surface area contributed by atoms with Crippen LogP contribution in [0.5, 0.6) is 0 Å². The molecule has 1 aliphatic heterocycles. The highest BCUT2D eigenvalue weighted by atomic mass is 16.2. The van der Waals surface area contributed by atoms with Crippen LogP contribution in [0.3, 0.4) is 0 Å². The zero-order valence-corrected chi connectivity index (χ0v) is 10.9. The number of urea groups is 1. The molecule has 0 aromatic rings. The van der Waals surface area contributed by atoms with Crippen molar-refractivity contribution in [3.8, 4) is 0 Å². The summed E-state index contributed by atoms with van der Waals surface area (Å²) in [6, 6.07) is -0.182. The lowest BCUT2D eigenvalue weighted by Gasteiger charge is -2.37. The highest BCUT2D eigenvalue weighted by Crippen LogP contribution is 2.18. The van der Waals surface area contributed by atoms with Crippen LogP contribution >= 0.6 is 0 Å². The number of carbonyl (C=O) groups excluding carboxylic acids is 2. The van der Waals surface area contributed by atoms with Crippen molar-refractivity contribution in [2.75, 3.05) is 26.2 Å². The Labute approximate surface area is 107 Å². The molecule has 6 nitrogen and oxygen atoms in total. The molecule has 6 heteroatoms. The van der Waals surface area contributed by atoms with Gasteiger partial charge in [-0.1, -0.05) is 0 Å². The Balaban J connectivity index is 1.93. The number of amides is 3. The van der Waals surface area contributed by atoms with Crippen LogP contribution < -0.4 is 16.0 Å². The summed E-state index contributed by atoms with van der Waals surface area (Å²) in [5.41, 5.74) is 0. The molecular formula is C12H22N4O2. The molecule has 2 fully saturated rings. The van der Waals surface area contributed by atoms with Crippen molar-refractivity contribution in [3.63, 3.8) is 0 Å². The Morgan fingerprint density at radius 3 is 2.78 bits per heavy atom.